The molecule has 0 spiro atoms. The minimum atomic E-state index is -3.52. The van der Waals surface area contributed by atoms with Crippen LogP contribution in [0.4, 0.5) is 5.69 Å². The van der Waals surface area contributed by atoms with E-state index in [0.717, 1.165) is 36.3 Å². The minimum Gasteiger partial charge on any atom is -0.312 e. The number of likely N-dealkylation sites (N-methyl/N-ethyl adjacent to an activating group) is 1. The predicted molar refractivity (Wildman–Crippen MR) is 89.2 cm³/mol. The summed E-state index contributed by atoms with van der Waals surface area (Å²) in [4.78, 5) is 15.9. The fourth-order valence-electron chi connectivity index (χ4n) is 3.31. The average Bonchev–Trinajstić information content (AvgIpc) is 2.89. The lowest BCUT2D eigenvalue weighted by molar-refractivity contribution is -0.116. The first-order valence-corrected chi connectivity index (χ1v) is 9.35. The Kier molecular flexibility index (Phi) is 4.20. The van der Waals surface area contributed by atoms with Gasteiger partial charge >= 0.3 is 0 Å². The van der Waals surface area contributed by atoms with Crippen molar-refractivity contribution in [2.75, 3.05) is 44.7 Å². The van der Waals surface area contributed by atoms with Crippen LogP contribution in [0, 0.1) is 6.92 Å². The molecule has 126 valence electrons. The molecule has 1 fully saturated rings. The van der Waals surface area contributed by atoms with Crippen molar-refractivity contribution in [3.63, 3.8) is 0 Å². The third-order valence-corrected chi connectivity index (χ3v) is 6.77. The van der Waals surface area contributed by atoms with Gasteiger partial charge in [0.1, 0.15) is 0 Å². The summed E-state index contributed by atoms with van der Waals surface area (Å²) < 4.78 is 27.5. The lowest BCUT2D eigenvalue weighted by Gasteiger charge is -2.32. The van der Waals surface area contributed by atoms with Crippen molar-refractivity contribution < 1.29 is 13.2 Å². The van der Waals surface area contributed by atoms with Gasteiger partial charge in [0.25, 0.3) is 0 Å². The van der Waals surface area contributed by atoms with E-state index in [1.807, 2.05) is 20.0 Å². The monoisotopic (exact) mass is 337 g/mol. The second-order valence-corrected chi connectivity index (χ2v) is 8.28. The number of hydrogen-bond acceptors (Lipinski definition) is 4. The van der Waals surface area contributed by atoms with E-state index in [9.17, 15) is 13.2 Å². The molecule has 1 saturated heterocycles. The average molecular weight is 337 g/mol. The number of aryl methyl sites for hydroxylation is 1. The lowest BCUT2D eigenvalue weighted by atomic mass is 10.1. The minimum absolute atomic E-state index is 0.0458. The molecule has 0 bridgehead atoms. The normalized spacial score (nSPS) is 19.9. The van der Waals surface area contributed by atoms with Crippen molar-refractivity contribution >= 4 is 21.6 Å². The molecule has 0 unspecified atom stereocenters. The third kappa shape index (κ3) is 2.88. The number of sulfonamides is 1. The van der Waals surface area contributed by atoms with Crippen LogP contribution in [0.5, 0.6) is 0 Å². The molecule has 3 rings (SSSR count). The first-order chi connectivity index (χ1) is 10.8. The van der Waals surface area contributed by atoms with Crippen LogP contribution in [0.2, 0.25) is 0 Å². The Labute approximate surface area is 137 Å². The molecular formula is C16H23N3O3S. The Morgan fingerprint density at radius 2 is 1.74 bits per heavy atom. The van der Waals surface area contributed by atoms with E-state index >= 15 is 0 Å². The van der Waals surface area contributed by atoms with Gasteiger partial charge in [-0.25, -0.2) is 8.42 Å². The number of hydrogen-bond donors (Lipinski definition) is 0. The van der Waals surface area contributed by atoms with Crippen molar-refractivity contribution in [3.05, 3.63) is 23.3 Å². The van der Waals surface area contributed by atoms with Gasteiger partial charge in [0.15, 0.2) is 0 Å². The molecule has 7 heteroatoms. The first kappa shape index (κ1) is 16.4. The van der Waals surface area contributed by atoms with E-state index in [1.165, 1.54) is 6.92 Å². The third-order valence-electron chi connectivity index (χ3n) is 4.73. The molecule has 0 radical (unpaired) electrons. The van der Waals surface area contributed by atoms with Gasteiger partial charge in [-0.2, -0.15) is 4.31 Å². The zero-order valence-corrected chi connectivity index (χ0v) is 14.7. The number of benzene rings is 1. The molecule has 0 saturated carbocycles. The summed E-state index contributed by atoms with van der Waals surface area (Å²) in [5.74, 6) is -0.0458. The molecule has 2 heterocycles. The largest absolute Gasteiger partial charge is 0.312 e. The van der Waals surface area contributed by atoms with E-state index in [2.05, 4.69) is 4.90 Å². The van der Waals surface area contributed by atoms with Gasteiger partial charge in [-0.05, 0) is 37.6 Å². The zero-order valence-electron chi connectivity index (χ0n) is 13.9. The van der Waals surface area contributed by atoms with Crippen LogP contribution in [0.1, 0.15) is 18.1 Å². The molecule has 0 N–H and O–H groups in total. The van der Waals surface area contributed by atoms with Crippen LogP contribution >= 0.6 is 0 Å². The number of carbonyl (C=O) groups excluding carboxylic acids is 1. The zero-order chi connectivity index (χ0) is 16.8. The van der Waals surface area contributed by atoms with Crippen molar-refractivity contribution in [1.29, 1.82) is 0 Å². The molecular weight excluding hydrogens is 314 g/mol. The smallest absolute Gasteiger partial charge is 0.243 e. The van der Waals surface area contributed by atoms with Crippen LogP contribution in [0.15, 0.2) is 17.0 Å². The molecule has 6 nitrogen and oxygen atoms in total. The molecule has 0 atom stereocenters. The maximum atomic E-state index is 13.0. The Bertz CT molecular complexity index is 737. The standard InChI is InChI=1S/C16H23N3O3S/c1-12-10-14-4-5-19(13(2)20)15(14)11-16(12)23(21,22)18-8-6-17(3)7-9-18/h10-11H,4-9H2,1-3H3. The highest BCUT2D eigenvalue weighted by molar-refractivity contribution is 7.89. The van der Waals surface area contributed by atoms with Crippen LogP contribution in [0.25, 0.3) is 0 Å². The van der Waals surface area contributed by atoms with E-state index in [0.29, 0.717) is 24.5 Å². The second-order valence-electron chi connectivity index (χ2n) is 6.37. The summed E-state index contributed by atoms with van der Waals surface area (Å²) in [6.07, 6.45) is 0.782. The molecule has 2 aliphatic rings. The summed E-state index contributed by atoms with van der Waals surface area (Å²) in [6, 6.07) is 3.61. The van der Waals surface area contributed by atoms with E-state index in [1.54, 1.807) is 15.3 Å². The van der Waals surface area contributed by atoms with Gasteiger partial charge in [0.2, 0.25) is 15.9 Å². The maximum absolute atomic E-state index is 13.0. The fraction of sp³-hybridized carbons (Fsp3) is 0.562. The van der Waals surface area contributed by atoms with E-state index < -0.39 is 10.0 Å². The second kappa shape index (κ2) is 5.89. The predicted octanol–water partition coefficient (Wildman–Crippen LogP) is 0.840. The number of amides is 1. The molecule has 23 heavy (non-hydrogen) atoms. The Hall–Kier alpha value is -1.44. The Morgan fingerprint density at radius 1 is 1.09 bits per heavy atom. The van der Waals surface area contributed by atoms with E-state index in [-0.39, 0.29) is 5.91 Å². The number of anilines is 1. The van der Waals surface area contributed by atoms with Gasteiger partial charge < -0.3 is 9.80 Å². The molecule has 0 aliphatic carbocycles. The highest BCUT2D eigenvalue weighted by Gasteiger charge is 2.31. The van der Waals surface area contributed by atoms with Gasteiger partial charge in [0, 0.05) is 45.3 Å². The highest BCUT2D eigenvalue weighted by atomic mass is 32.2. The van der Waals surface area contributed by atoms with Gasteiger partial charge in [-0.1, -0.05) is 6.07 Å². The number of piperazine rings is 1. The lowest BCUT2D eigenvalue weighted by Crippen LogP contribution is -2.47. The summed E-state index contributed by atoms with van der Waals surface area (Å²) in [5, 5.41) is 0. The summed E-state index contributed by atoms with van der Waals surface area (Å²) in [5.41, 5.74) is 2.55. The van der Waals surface area contributed by atoms with E-state index in [4.69, 9.17) is 0 Å². The molecule has 0 aromatic heterocycles. The highest BCUT2D eigenvalue weighted by Crippen LogP contribution is 2.34. The number of nitrogens with zero attached hydrogens (tertiary/aromatic N) is 3. The van der Waals surface area contributed by atoms with Crippen molar-refractivity contribution in [3.8, 4) is 0 Å². The number of rotatable bonds is 2. The molecule has 1 amide bonds. The number of carbonyl (C=O) groups is 1. The molecule has 2 aliphatic heterocycles. The maximum Gasteiger partial charge on any atom is 0.243 e. The Morgan fingerprint density at radius 3 is 2.35 bits per heavy atom. The molecule has 1 aromatic rings. The topological polar surface area (TPSA) is 60.9 Å². The van der Waals surface area contributed by atoms with Crippen molar-refractivity contribution in [2.45, 2.75) is 25.2 Å². The van der Waals surface area contributed by atoms with Crippen LogP contribution in [-0.2, 0) is 21.2 Å². The van der Waals surface area contributed by atoms with Gasteiger partial charge in [-0.3, -0.25) is 4.79 Å². The Balaban J connectivity index is 2.00. The van der Waals surface area contributed by atoms with Crippen molar-refractivity contribution in [1.82, 2.24) is 9.21 Å². The quantitative estimate of drug-likeness (QED) is 0.802. The fourth-order valence-corrected chi connectivity index (χ4v) is 4.96. The summed E-state index contributed by atoms with van der Waals surface area (Å²) >= 11 is 0. The van der Waals surface area contributed by atoms with Crippen LogP contribution < -0.4 is 4.90 Å². The number of fused-ring (bicyclic) bond motifs is 1. The molecule has 1 aromatic carbocycles. The van der Waals surface area contributed by atoms with Crippen LogP contribution in [-0.4, -0.2) is 63.3 Å². The van der Waals surface area contributed by atoms with Gasteiger partial charge in [0.05, 0.1) is 4.90 Å². The first-order valence-electron chi connectivity index (χ1n) is 7.91. The van der Waals surface area contributed by atoms with Crippen LogP contribution in [0.3, 0.4) is 0 Å². The van der Waals surface area contributed by atoms with Gasteiger partial charge in [-0.15, -0.1) is 0 Å². The van der Waals surface area contributed by atoms with Crippen molar-refractivity contribution in [2.24, 2.45) is 0 Å². The summed E-state index contributed by atoms with van der Waals surface area (Å²) in [7, 11) is -1.52. The summed E-state index contributed by atoms with van der Waals surface area (Å²) in [6.45, 7) is 6.47. The SMILES string of the molecule is CC(=O)N1CCc2cc(C)c(S(=O)(=O)N3CCN(C)CC3)cc21.